The fraction of sp³-hybridized carbons (Fsp3) is 0.771. The third kappa shape index (κ3) is 43.8. The molecule has 0 fully saturated rings. The van der Waals surface area contributed by atoms with Crippen LogP contribution in [-0.2, 0) is 37.5 Å². The van der Waals surface area contributed by atoms with Gasteiger partial charge in [0.05, 0.1) is 19.3 Å². The van der Waals surface area contributed by atoms with Crippen LogP contribution in [0.2, 0.25) is 0 Å². The number of aliphatic hydroxyl groups is 1. The smallest absolute Gasteiger partial charge is 0.472 e. The van der Waals surface area contributed by atoms with Crippen molar-refractivity contribution in [2.75, 3.05) is 19.8 Å². The monoisotopic (exact) mass is 884 g/mol. The minimum atomic E-state index is -4.74. The Morgan fingerprint density at radius 2 is 0.984 bits per heavy atom. The lowest BCUT2D eigenvalue weighted by molar-refractivity contribution is -0.161. The quantitative estimate of drug-likeness (QED) is 0.0196. The first-order chi connectivity index (χ1) is 29.5. The molecule has 0 aliphatic heterocycles. The molecule has 5 N–H and O–H groups in total. The van der Waals surface area contributed by atoms with Crippen LogP contribution >= 0.6 is 7.82 Å². The number of carboxylic acid groups (broad SMARTS) is 1. The number of allylic oxidation sites excluding steroid dienone is 8. The molecule has 354 valence electrons. The largest absolute Gasteiger partial charge is 0.480 e. The van der Waals surface area contributed by atoms with Gasteiger partial charge in [0.25, 0.3) is 0 Å². The highest BCUT2D eigenvalue weighted by Crippen LogP contribution is 2.43. The number of carbonyl (C=O) groups excluding carboxylic acids is 2. The van der Waals surface area contributed by atoms with E-state index in [9.17, 15) is 28.9 Å². The topological polar surface area (TPSA) is 192 Å². The van der Waals surface area contributed by atoms with Crippen molar-refractivity contribution in [3.63, 3.8) is 0 Å². The Balaban J connectivity index is 4.37. The first-order valence-corrected chi connectivity index (χ1v) is 25.2. The van der Waals surface area contributed by atoms with Crippen molar-refractivity contribution in [3.8, 4) is 0 Å². The molecule has 61 heavy (non-hydrogen) atoms. The van der Waals surface area contributed by atoms with Crippen molar-refractivity contribution in [1.82, 2.24) is 0 Å². The van der Waals surface area contributed by atoms with Gasteiger partial charge in [0, 0.05) is 12.8 Å². The molecule has 0 aromatic rings. The molecule has 0 bridgehead atoms. The molecule has 0 rings (SSSR count). The molecular weight excluding hydrogens is 797 g/mol. The van der Waals surface area contributed by atoms with E-state index in [1.165, 1.54) is 96.3 Å². The van der Waals surface area contributed by atoms with E-state index in [1.54, 1.807) is 0 Å². The van der Waals surface area contributed by atoms with Gasteiger partial charge >= 0.3 is 25.7 Å². The summed E-state index contributed by atoms with van der Waals surface area (Å²) in [5.41, 5.74) is 5.33. The molecule has 0 aromatic heterocycles. The molecule has 0 amide bonds. The molecule has 13 heteroatoms. The summed E-state index contributed by atoms with van der Waals surface area (Å²) in [7, 11) is -4.74. The number of rotatable bonds is 44. The number of phosphoric acid groups is 1. The first-order valence-electron chi connectivity index (χ1n) is 23.7. The van der Waals surface area contributed by atoms with Crippen LogP contribution in [0.15, 0.2) is 48.6 Å². The van der Waals surface area contributed by atoms with Gasteiger partial charge in [-0.25, -0.2) is 4.57 Å². The highest BCUT2D eigenvalue weighted by molar-refractivity contribution is 7.47. The second-order valence-corrected chi connectivity index (χ2v) is 17.6. The Hall–Kier alpha value is -2.60. The maximum absolute atomic E-state index is 12.6. The number of carboxylic acids is 1. The molecule has 0 saturated carbocycles. The zero-order valence-electron chi connectivity index (χ0n) is 38.1. The van der Waals surface area contributed by atoms with Gasteiger partial charge in [0.1, 0.15) is 12.6 Å². The summed E-state index contributed by atoms with van der Waals surface area (Å²) in [6, 6.07) is -1.54. The summed E-state index contributed by atoms with van der Waals surface area (Å²) in [5.74, 6) is -2.47. The lowest BCUT2D eigenvalue weighted by Gasteiger charge is -2.20. The number of phosphoric ester groups is 1. The molecular formula is C48H86NO11P. The summed E-state index contributed by atoms with van der Waals surface area (Å²) >= 11 is 0. The van der Waals surface area contributed by atoms with E-state index in [4.69, 9.17) is 24.8 Å². The van der Waals surface area contributed by atoms with Crippen LogP contribution in [0.4, 0.5) is 0 Å². The minimum absolute atomic E-state index is 0.0739. The van der Waals surface area contributed by atoms with E-state index in [0.29, 0.717) is 19.3 Å². The fourth-order valence-corrected chi connectivity index (χ4v) is 7.15. The van der Waals surface area contributed by atoms with Gasteiger partial charge in [0.15, 0.2) is 6.10 Å². The van der Waals surface area contributed by atoms with Crippen molar-refractivity contribution >= 4 is 25.7 Å². The van der Waals surface area contributed by atoms with Crippen molar-refractivity contribution in [1.29, 1.82) is 0 Å². The number of carbonyl (C=O) groups is 3. The highest BCUT2D eigenvalue weighted by atomic mass is 31.2. The van der Waals surface area contributed by atoms with Gasteiger partial charge in [-0.2, -0.15) is 0 Å². The summed E-state index contributed by atoms with van der Waals surface area (Å²) < 4.78 is 32.7. The molecule has 0 aliphatic carbocycles. The third-order valence-electron chi connectivity index (χ3n) is 10.1. The Labute approximate surface area is 369 Å². The second kappa shape index (κ2) is 42.7. The second-order valence-electron chi connectivity index (χ2n) is 16.2. The van der Waals surface area contributed by atoms with E-state index >= 15 is 0 Å². The minimum Gasteiger partial charge on any atom is -0.480 e. The van der Waals surface area contributed by atoms with E-state index in [2.05, 4.69) is 47.9 Å². The van der Waals surface area contributed by atoms with Crippen molar-refractivity contribution in [2.45, 2.75) is 218 Å². The highest BCUT2D eigenvalue weighted by Gasteiger charge is 2.28. The molecule has 0 radical (unpaired) electrons. The van der Waals surface area contributed by atoms with Crippen LogP contribution in [0.25, 0.3) is 0 Å². The van der Waals surface area contributed by atoms with Crippen LogP contribution < -0.4 is 5.73 Å². The van der Waals surface area contributed by atoms with Crippen LogP contribution in [0.5, 0.6) is 0 Å². The average Bonchev–Trinajstić information content (AvgIpc) is 3.22. The van der Waals surface area contributed by atoms with Crippen molar-refractivity contribution < 1.29 is 52.6 Å². The van der Waals surface area contributed by atoms with Gasteiger partial charge in [-0.3, -0.25) is 23.4 Å². The average molecular weight is 884 g/mol. The molecule has 0 aliphatic rings. The number of nitrogens with two attached hydrogens (primary N) is 1. The van der Waals surface area contributed by atoms with E-state index < -0.39 is 51.1 Å². The maximum atomic E-state index is 12.6. The summed E-state index contributed by atoms with van der Waals surface area (Å²) in [5, 5.41) is 18.2. The SMILES string of the molecule is CCCCCCCCCCCCCCCCCCCCCC(=O)OC[C@H](COP(=O)(O)OC[C@H](N)C(=O)O)OC(=O)CCC/C=C\C/C=C\C/C=C\C/C=C\CCC[C@H](C)O. The molecule has 0 saturated heterocycles. The summed E-state index contributed by atoms with van der Waals surface area (Å²) in [4.78, 5) is 46.0. The number of aliphatic carboxylic acids is 1. The van der Waals surface area contributed by atoms with Crippen LogP contribution in [0.3, 0.4) is 0 Å². The van der Waals surface area contributed by atoms with Gasteiger partial charge < -0.3 is 30.3 Å². The van der Waals surface area contributed by atoms with Gasteiger partial charge in [-0.1, -0.05) is 171 Å². The molecule has 0 aromatic carbocycles. The number of hydrogen-bond donors (Lipinski definition) is 4. The number of hydrogen-bond acceptors (Lipinski definition) is 10. The van der Waals surface area contributed by atoms with E-state index in [1.807, 2.05) is 19.1 Å². The van der Waals surface area contributed by atoms with Crippen LogP contribution in [0, 0.1) is 0 Å². The number of unbranched alkanes of at least 4 members (excludes halogenated alkanes) is 20. The van der Waals surface area contributed by atoms with Crippen LogP contribution in [0.1, 0.15) is 200 Å². The Morgan fingerprint density at radius 3 is 1.44 bits per heavy atom. The molecule has 12 nitrogen and oxygen atoms in total. The summed E-state index contributed by atoms with van der Waals surface area (Å²) in [6.45, 7) is 2.31. The fourth-order valence-electron chi connectivity index (χ4n) is 6.37. The van der Waals surface area contributed by atoms with Crippen LogP contribution in [-0.4, -0.2) is 71.1 Å². The summed E-state index contributed by atoms with van der Waals surface area (Å²) in [6.07, 6.45) is 46.0. The van der Waals surface area contributed by atoms with Gasteiger partial charge in [0.2, 0.25) is 0 Å². The molecule has 1 unspecified atom stereocenters. The van der Waals surface area contributed by atoms with Crippen molar-refractivity contribution in [2.24, 2.45) is 5.73 Å². The lowest BCUT2D eigenvalue weighted by Crippen LogP contribution is -2.34. The van der Waals surface area contributed by atoms with E-state index in [0.717, 1.165) is 57.8 Å². The van der Waals surface area contributed by atoms with Crippen molar-refractivity contribution in [3.05, 3.63) is 48.6 Å². The zero-order valence-corrected chi connectivity index (χ0v) is 39.0. The Kier molecular flexibility index (Phi) is 40.9. The number of esters is 2. The zero-order chi connectivity index (χ0) is 45.1. The first kappa shape index (κ1) is 58.4. The Bertz CT molecular complexity index is 1240. The molecule has 4 atom stereocenters. The third-order valence-corrected chi connectivity index (χ3v) is 11.0. The molecule has 0 spiro atoms. The predicted molar refractivity (Wildman–Crippen MR) is 246 cm³/mol. The number of ether oxygens (including phenoxy) is 2. The standard InChI is InChI=1S/C48H86NO11P/c1-3-4-5-6-7-8-9-10-11-12-13-14-17-20-23-26-29-32-35-38-46(51)57-40-44(41-58-61(55,56)59-42-45(49)48(53)54)60-47(52)39-36-33-30-27-24-21-18-15-16-19-22-25-28-31-34-37-43(2)50/h16,18-19,21,25,27-28,30,43-45,50H,3-15,17,20,22-24,26,29,31-42,49H2,1-2H3,(H,53,54)(H,55,56)/b19-16-,21-18-,28-25-,30-27-/t43-,44+,45-/m0/s1. The van der Waals surface area contributed by atoms with E-state index in [-0.39, 0.29) is 25.6 Å². The normalized spacial score (nSPS) is 14.6. The Morgan fingerprint density at radius 1 is 0.574 bits per heavy atom. The predicted octanol–water partition coefficient (Wildman–Crippen LogP) is 11.9. The lowest BCUT2D eigenvalue weighted by atomic mass is 10.0. The molecule has 0 heterocycles. The van der Waals surface area contributed by atoms with Gasteiger partial charge in [-0.05, 0) is 64.7 Å². The maximum Gasteiger partial charge on any atom is 0.472 e. The van der Waals surface area contributed by atoms with Gasteiger partial charge in [-0.15, -0.1) is 0 Å². The number of aliphatic hydroxyl groups excluding tert-OH is 1.